The molecule has 0 radical (unpaired) electrons. The van der Waals surface area contributed by atoms with E-state index in [-0.39, 0.29) is 18.9 Å². The second-order valence-electron chi connectivity index (χ2n) is 4.49. The molecule has 1 aromatic rings. The zero-order valence-electron chi connectivity index (χ0n) is 9.97. The number of hydrogen-bond donors (Lipinski definition) is 4. The maximum absolute atomic E-state index is 11.2. The monoisotopic (exact) mass is 251 g/mol. The van der Waals surface area contributed by atoms with E-state index in [1.54, 1.807) is 18.2 Å². The predicted octanol–water partition coefficient (Wildman–Crippen LogP) is 0.348. The third-order valence-corrected chi connectivity index (χ3v) is 3.16. The molecule has 4 N–H and O–H groups in total. The van der Waals surface area contributed by atoms with Crippen LogP contribution in [0.2, 0.25) is 0 Å². The summed E-state index contributed by atoms with van der Waals surface area (Å²) in [6.07, 6.45) is -0.787. The first-order valence-corrected chi connectivity index (χ1v) is 6.01. The minimum absolute atomic E-state index is 0.00360. The Bertz CT molecular complexity index is 447. The van der Waals surface area contributed by atoms with Gasteiger partial charge in [0, 0.05) is 18.7 Å². The lowest BCUT2D eigenvalue weighted by Crippen LogP contribution is -2.22. The molecule has 98 valence electrons. The molecular weight excluding hydrogens is 234 g/mol. The van der Waals surface area contributed by atoms with Crippen LogP contribution >= 0.6 is 0 Å². The second-order valence-corrected chi connectivity index (χ2v) is 4.49. The van der Waals surface area contributed by atoms with E-state index in [2.05, 4.69) is 5.32 Å². The van der Waals surface area contributed by atoms with Crippen LogP contribution in [0, 0.1) is 0 Å². The third kappa shape index (κ3) is 2.69. The van der Waals surface area contributed by atoms with Gasteiger partial charge in [0.25, 0.3) is 0 Å². The van der Waals surface area contributed by atoms with E-state index in [1.807, 2.05) is 0 Å². The van der Waals surface area contributed by atoms with Crippen LogP contribution in [0.15, 0.2) is 18.2 Å². The average Bonchev–Trinajstić information content (AvgIpc) is 2.37. The van der Waals surface area contributed by atoms with Gasteiger partial charge in [-0.25, -0.2) is 0 Å². The van der Waals surface area contributed by atoms with Crippen LogP contribution in [0.5, 0.6) is 0 Å². The summed E-state index contributed by atoms with van der Waals surface area (Å²) in [5.41, 5.74) is 2.33. The molecule has 2 rings (SSSR count). The lowest BCUT2D eigenvalue weighted by atomic mass is 9.95. The molecule has 1 heterocycles. The largest absolute Gasteiger partial charge is 0.396 e. The summed E-state index contributed by atoms with van der Waals surface area (Å²) >= 11 is 0. The molecule has 18 heavy (non-hydrogen) atoms. The van der Waals surface area contributed by atoms with Gasteiger partial charge in [-0.1, -0.05) is 12.1 Å². The first-order valence-electron chi connectivity index (χ1n) is 6.01. The van der Waals surface area contributed by atoms with E-state index < -0.39 is 12.2 Å². The number of aliphatic hydroxyl groups is 3. The Balaban J connectivity index is 2.18. The van der Waals surface area contributed by atoms with E-state index >= 15 is 0 Å². The van der Waals surface area contributed by atoms with E-state index in [1.165, 1.54) is 0 Å². The van der Waals surface area contributed by atoms with Crippen molar-refractivity contribution in [2.24, 2.45) is 0 Å². The van der Waals surface area contributed by atoms with E-state index in [0.29, 0.717) is 18.4 Å². The Morgan fingerprint density at radius 2 is 2.06 bits per heavy atom. The van der Waals surface area contributed by atoms with Gasteiger partial charge in [-0.2, -0.15) is 0 Å². The number of aryl methyl sites for hydroxylation is 1. The Kier molecular flexibility index (Phi) is 3.96. The van der Waals surface area contributed by atoms with Gasteiger partial charge in [-0.05, 0) is 30.0 Å². The number of carbonyl (C=O) groups excluding carboxylic acids is 1. The second kappa shape index (κ2) is 5.48. The van der Waals surface area contributed by atoms with Gasteiger partial charge in [-0.15, -0.1) is 0 Å². The number of hydrogen-bond acceptors (Lipinski definition) is 4. The van der Waals surface area contributed by atoms with E-state index in [9.17, 15) is 15.0 Å². The Morgan fingerprint density at radius 1 is 1.28 bits per heavy atom. The van der Waals surface area contributed by atoms with E-state index in [0.717, 1.165) is 11.3 Å². The number of rotatable bonds is 4. The predicted molar refractivity (Wildman–Crippen MR) is 66.1 cm³/mol. The van der Waals surface area contributed by atoms with Gasteiger partial charge in [0.15, 0.2) is 0 Å². The van der Waals surface area contributed by atoms with Crippen LogP contribution in [-0.2, 0) is 11.2 Å². The van der Waals surface area contributed by atoms with Crippen LogP contribution in [0.4, 0.5) is 5.69 Å². The minimum atomic E-state index is -1.01. The van der Waals surface area contributed by atoms with Crippen LogP contribution in [0.1, 0.15) is 30.1 Å². The van der Waals surface area contributed by atoms with Crippen LogP contribution in [0.25, 0.3) is 0 Å². The summed E-state index contributed by atoms with van der Waals surface area (Å²) in [5, 5.41) is 31.1. The molecule has 0 spiro atoms. The summed E-state index contributed by atoms with van der Waals surface area (Å²) in [7, 11) is 0. The van der Waals surface area contributed by atoms with Gasteiger partial charge in [0.1, 0.15) is 6.10 Å². The van der Waals surface area contributed by atoms with Gasteiger partial charge >= 0.3 is 0 Å². The maximum Gasteiger partial charge on any atom is 0.224 e. The zero-order valence-corrected chi connectivity index (χ0v) is 9.97. The highest BCUT2D eigenvalue weighted by Crippen LogP contribution is 2.27. The molecule has 2 atom stereocenters. The van der Waals surface area contributed by atoms with Crippen molar-refractivity contribution in [2.45, 2.75) is 31.5 Å². The molecule has 0 bridgehead atoms. The lowest BCUT2D eigenvalue weighted by Gasteiger charge is -2.21. The van der Waals surface area contributed by atoms with Crippen molar-refractivity contribution in [2.75, 3.05) is 11.9 Å². The average molecular weight is 251 g/mol. The fraction of sp³-hybridized carbons (Fsp3) is 0.462. The van der Waals surface area contributed by atoms with Gasteiger partial charge in [-0.3, -0.25) is 4.79 Å². The molecule has 1 aliphatic heterocycles. The summed E-state index contributed by atoms with van der Waals surface area (Å²) in [4.78, 5) is 11.2. The van der Waals surface area contributed by atoms with Crippen LogP contribution < -0.4 is 5.32 Å². The molecule has 2 unspecified atom stereocenters. The molecule has 0 aromatic heterocycles. The molecule has 5 heteroatoms. The van der Waals surface area contributed by atoms with Gasteiger partial charge in [0.2, 0.25) is 5.91 Å². The summed E-state index contributed by atoms with van der Waals surface area (Å²) in [6.45, 7) is -0.167. The smallest absolute Gasteiger partial charge is 0.224 e. The van der Waals surface area contributed by atoms with Crippen molar-refractivity contribution in [1.82, 2.24) is 0 Å². The lowest BCUT2D eigenvalue weighted by molar-refractivity contribution is -0.116. The number of nitrogens with one attached hydrogen (secondary N) is 1. The highest BCUT2D eigenvalue weighted by Gasteiger charge is 2.21. The number of anilines is 1. The highest BCUT2D eigenvalue weighted by atomic mass is 16.3. The standard InChI is InChI=1S/C13H17NO4/c15-6-5-11(16)13(18)9-1-3-10-8(7-9)2-4-12(17)14-10/h1,3,7,11,13,15-16,18H,2,4-6H2,(H,14,17). The minimum Gasteiger partial charge on any atom is -0.396 e. The SMILES string of the molecule is O=C1CCc2cc(C(O)C(O)CCO)ccc2N1. The van der Waals surface area contributed by atoms with Crippen molar-refractivity contribution in [3.63, 3.8) is 0 Å². The highest BCUT2D eigenvalue weighted by molar-refractivity contribution is 5.93. The first kappa shape index (κ1) is 13.0. The topological polar surface area (TPSA) is 89.8 Å². The number of benzene rings is 1. The molecule has 0 saturated carbocycles. The molecule has 5 nitrogen and oxygen atoms in total. The summed E-state index contributed by atoms with van der Waals surface area (Å²) < 4.78 is 0. The number of amides is 1. The van der Waals surface area contributed by atoms with Gasteiger partial charge in [0.05, 0.1) is 6.10 Å². The molecule has 1 aromatic carbocycles. The maximum atomic E-state index is 11.2. The Morgan fingerprint density at radius 3 is 2.78 bits per heavy atom. The summed E-state index contributed by atoms with van der Waals surface area (Å²) in [5.74, 6) is -0.00360. The Hall–Kier alpha value is -1.43. The Labute approximate surface area is 105 Å². The van der Waals surface area contributed by atoms with Gasteiger partial charge < -0.3 is 20.6 Å². The summed E-state index contributed by atoms with van der Waals surface area (Å²) in [6, 6.07) is 5.20. The molecule has 0 aliphatic carbocycles. The first-order chi connectivity index (χ1) is 8.61. The normalized spacial score (nSPS) is 17.8. The van der Waals surface area contributed by atoms with E-state index in [4.69, 9.17) is 5.11 Å². The van der Waals surface area contributed by atoms with Crippen molar-refractivity contribution in [3.05, 3.63) is 29.3 Å². The number of carbonyl (C=O) groups is 1. The molecule has 1 amide bonds. The van der Waals surface area contributed by atoms with Crippen LogP contribution in [-0.4, -0.2) is 33.9 Å². The molecule has 1 aliphatic rings. The van der Waals surface area contributed by atoms with Crippen molar-refractivity contribution in [3.8, 4) is 0 Å². The van der Waals surface area contributed by atoms with Crippen LogP contribution in [0.3, 0.4) is 0 Å². The molecule has 0 fully saturated rings. The number of aliphatic hydroxyl groups excluding tert-OH is 3. The van der Waals surface area contributed by atoms with Crippen molar-refractivity contribution < 1.29 is 20.1 Å². The van der Waals surface area contributed by atoms with Crippen molar-refractivity contribution in [1.29, 1.82) is 0 Å². The molecular formula is C13H17NO4. The third-order valence-electron chi connectivity index (χ3n) is 3.16. The number of fused-ring (bicyclic) bond motifs is 1. The zero-order chi connectivity index (χ0) is 13.1. The fourth-order valence-corrected chi connectivity index (χ4v) is 2.10. The molecule has 0 saturated heterocycles. The fourth-order valence-electron chi connectivity index (χ4n) is 2.10. The van der Waals surface area contributed by atoms with Crippen molar-refractivity contribution >= 4 is 11.6 Å². The quantitative estimate of drug-likeness (QED) is 0.621.